The van der Waals surface area contributed by atoms with Gasteiger partial charge < -0.3 is 15.1 Å². The molecule has 0 saturated carbocycles. The number of anilines is 1. The minimum absolute atomic E-state index is 0.0898. The Kier molecular flexibility index (Phi) is 5.51. The van der Waals surface area contributed by atoms with Gasteiger partial charge in [0.2, 0.25) is 5.91 Å². The maximum Gasteiger partial charge on any atom is 0.251 e. The van der Waals surface area contributed by atoms with Crippen LogP contribution in [0.5, 0.6) is 0 Å². The molecule has 26 heavy (non-hydrogen) atoms. The van der Waals surface area contributed by atoms with E-state index in [0.29, 0.717) is 31.7 Å². The zero-order valence-corrected chi connectivity index (χ0v) is 14.7. The summed E-state index contributed by atoms with van der Waals surface area (Å²) in [4.78, 5) is 28.7. The van der Waals surface area contributed by atoms with Crippen molar-refractivity contribution >= 4 is 17.5 Å². The molecule has 3 rings (SSSR count). The van der Waals surface area contributed by atoms with Crippen molar-refractivity contribution in [2.45, 2.75) is 13.0 Å². The molecule has 1 unspecified atom stereocenters. The predicted molar refractivity (Wildman–Crippen MR) is 98.6 cm³/mol. The van der Waals surface area contributed by atoms with E-state index in [1.807, 2.05) is 6.07 Å². The minimum atomic E-state index is -0.583. The lowest BCUT2D eigenvalue weighted by atomic mass is 10.2. The number of carbonyl (C=O) groups is 2. The molecule has 6 heteroatoms. The van der Waals surface area contributed by atoms with Gasteiger partial charge >= 0.3 is 0 Å². The van der Waals surface area contributed by atoms with Gasteiger partial charge in [-0.05, 0) is 43.3 Å². The summed E-state index contributed by atoms with van der Waals surface area (Å²) in [5, 5.41) is 2.76. The van der Waals surface area contributed by atoms with Gasteiger partial charge in [0.1, 0.15) is 11.9 Å². The van der Waals surface area contributed by atoms with E-state index in [1.165, 1.54) is 12.1 Å². The van der Waals surface area contributed by atoms with Crippen LogP contribution < -0.4 is 10.2 Å². The highest BCUT2D eigenvalue weighted by molar-refractivity contribution is 5.97. The molecule has 1 saturated heterocycles. The van der Waals surface area contributed by atoms with E-state index in [2.05, 4.69) is 10.2 Å². The molecular weight excluding hydrogens is 333 g/mol. The zero-order chi connectivity index (χ0) is 18.5. The van der Waals surface area contributed by atoms with Crippen molar-refractivity contribution < 1.29 is 14.0 Å². The number of hydrogen-bond donors (Lipinski definition) is 1. The second kappa shape index (κ2) is 7.99. The maximum atomic E-state index is 13.0. The number of piperazine rings is 1. The molecule has 1 atom stereocenters. The Morgan fingerprint density at radius 3 is 2.19 bits per heavy atom. The number of halogens is 1. The third-order valence-corrected chi connectivity index (χ3v) is 4.54. The molecule has 1 aliphatic heterocycles. The van der Waals surface area contributed by atoms with Gasteiger partial charge in [-0.1, -0.05) is 18.2 Å². The molecule has 136 valence electrons. The van der Waals surface area contributed by atoms with E-state index in [1.54, 1.807) is 48.2 Å². The molecule has 0 bridgehead atoms. The standard InChI is InChI=1S/C20H22FN3O2/c1-15(22-19(25)16-5-3-2-4-6-16)20(26)24-13-11-23(12-14-24)18-9-7-17(21)8-10-18/h2-10,15H,11-14H2,1H3,(H,22,25). The molecule has 1 N–H and O–H groups in total. The lowest BCUT2D eigenvalue weighted by Crippen LogP contribution is -2.54. The Morgan fingerprint density at radius 1 is 0.962 bits per heavy atom. The molecule has 0 aromatic heterocycles. The summed E-state index contributed by atoms with van der Waals surface area (Å²) in [5.41, 5.74) is 1.48. The van der Waals surface area contributed by atoms with E-state index in [9.17, 15) is 14.0 Å². The van der Waals surface area contributed by atoms with Crippen LogP contribution in [0.25, 0.3) is 0 Å². The quantitative estimate of drug-likeness (QED) is 0.916. The molecule has 0 spiro atoms. The van der Waals surface area contributed by atoms with Gasteiger partial charge in [-0.3, -0.25) is 9.59 Å². The first-order chi connectivity index (χ1) is 12.5. The van der Waals surface area contributed by atoms with Crippen molar-refractivity contribution in [3.05, 3.63) is 66.0 Å². The second-order valence-electron chi connectivity index (χ2n) is 6.35. The lowest BCUT2D eigenvalue weighted by molar-refractivity contribution is -0.133. The number of benzene rings is 2. The Balaban J connectivity index is 1.53. The number of amides is 2. The number of hydrogen-bond acceptors (Lipinski definition) is 3. The van der Waals surface area contributed by atoms with Crippen LogP contribution in [0.4, 0.5) is 10.1 Å². The Morgan fingerprint density at radius 2 is 1.58 bits per heavy atom. The van der Waals surface area contributed by atoms with Crippen LogP contribution in [0.1, 0.15) is 17.3 Å². The number of carbonyl (C=O) groups excluding carboxylic acids is 2. The predicted octanol–water partition coefficient (Wildman–Crippen LogP) is 2.29. The molecule has 0 radical (unpaired) electrons. The fraction of sp³-hybridized carbons (Fsp3) is 0.300. The van der Waals surface area contributed by atoms with Crippen LogP contribution in [-0.2, 0) is 4.79 Å². The highest BCUT2D eigenvalue weighted by Crippen LogP contribution is 2.17. The van der Waals surface area contributed by atoms with Gasteiger partial charge in [-0.25, -0.2) is 4.39 Å². The van der Waals surface area contributed by atoms with Crippen LogP contribution in [0.15, 0.2) is 54.6 Å². The van der Waals surface area contributed by atoms with Gasteiger partial charge in [0.05, 0.1) is 0 Å². The number of nitrogens with zero attached hydrogens (tertiary/aromatic N) is 2. The van der Waals surface area contributed by atoms with Crippen molar-refractivity contribution in [2.75, 3.05) is 31.1 Å². The maximum absolute atomic E-state index is 13.0. The van der Waals surface area contributed by atoms with E-state index in [4.69, 9.17) is 0 Å². The monoisotopic (exact) mass is 355 g/mol. The Hall–Kier alpha value is -2.89. The summed E-state index contributed by atoms with van der Waals surface area (Å²) < 4.78 is 13.0. The summed E-state index contributed by atoms with van der Waals surface area (Å²) in [7, 11) is 0. The fourth-order valence-corrected chi connectivity index (χ4v) is 3.04. The van der Waals surface area contributed by atoms with Crippen LogP contribution in [-0.4, -0.2) is 48.9 Å². The van der Waals surface area contributed by atoms with Crippen LogP contribution in [0, 0.1) is 5.82 Å². The number of nitrogens with one attached hydrogen (secondary N) is 1. The highest BCUT2D eigenvalue weighted by Gasteiger charge is 2.26. The van der Waals surface area contributed by atoms with Crippen LogP contribution in [0.3, 0.4) is 0 Å². The molecule has 1 fully saturated rings. The molecule has 2 aromatic rings. The van der Waals surface area contributed by atoms with Crippen molar-refractivity contribution in [2.24, 2.45) is 0 Å². The first-order valence-electron chi connectivity index (χ1n) is 8.70. The Bertz CT molecular complexity index is 756. The third kappa shape index (κ3) is 4.20. The smallest absolute Gasteiger partial charge is 0.251 e. The van der Waals surface area contributed by atoms with E-state index in [-0.39, 0.29) is 17.6 Å². The fourth-order valence-electron chi connectivity index (χ4n) is 3.04. The largest absolute Gasteiger partial charge is 0.368 e. The topological polar surface area (TPSA) is 52.7 Å². The molecular formula is C20H22FN3O2. The minimum Gasteiger partial charge on any atom is -0.368 e. The SMILES string of the molecule is CC(NC(=O)c1ccccc1)C(=O)N1CCN(c2ccc(F)cc2)CC1. The zero-order valence-electron chi connectivity index (χ0n) is 14.7. The summed E-state index contributed by atoms with van der Waals surface area (Å²) in [6, 6.07) is 14.6. The average Bonchev–Trinajstić information content (AvgIpc) is 2.69. The van der Waals surface area contributed by atoms with Crippen molar-refractivity contribution in [1.82, 2.24) is 10.2 Å². The summed E-state index contributed by atoms with van der Waals surface area (Å²) >= 11 is 0. The second-order valence-corrected chi connectivity index (χ2v) is 6.35. The molecule has 5 nitrogen and oxygen atoms in total. The molecule has 1 heterocycles. The Labute approximate surface area is 152 Å². The van der Waals surface area contributed by atoms with E-state index >= 15 is 0 Å². The van der Waals surface area contributed by atoms with E-state index in [0.717, 1.165) is 5.69 Å². The first kappa shape index (κ1) is 17.9. The lowest BCUT2D eigenvalue weighted by Gasteiger charge is -2.37. The highest BCUT2D eigenvalue weighted by atomic mass is 19.1. The van der Waals surface area contributed by atoms with Crippen molar-refractivity contribution in [3.63, 3.8) is 0 Å². The van der Waals surface area contributed by atoms with Gasteiger partial charge in [0.25, 0.3) is 5.91 Å². The van der Waals surface area contributed by atoms with Crippen LogP contribution in [0.2, 0.25) is 0 Å². The summed E-state index contributed by atoms with van der Waals surface area (Å²) in [5.74, 6) is -0.602. The summed E-state index contributed by atoms with van der Waals surface area (Å²) in [6.45, 7) is 4.20. The van der Waals surface area contributed by atoms with Gasteiger partial charge in [-0.15, -0.1) is 0 Å². The summed E-state index contributed by atoms with van der Waals surface area (Å²) in [6.07, 6.45) is 0. The van der Waals surface area contributed by atoms with Gasteiger partial charge in [-0.2, -0.15) is 0 Å². The van der Waals surface area contributed by atoms with Gasteiger partial charge in [0.15, 0.2) is 0 Å². The number of rotatable bonds is 4. The molecule has 0 aliphatic carbocycles. The molecule has 2 amide bonds. The third-order valence-electron chi connectivity index (χ3n) is 4.54. The van der Waals surface area contributed by atoms with Gasteiger partial charge in [0, 0.05) is 37.4 Å². The van der Waals surface area contributed by atoms with Crippen LogP contribution >= 0.6 is 0 Å². The van der Waals surface area contributed by atoms with Crippen molar-refractivity contribution in [3.8, 4) is 0 Å². The first-order valence-corrected chi connectivity index (χ1v) is 8.70. The average molecular weight is 355 g/mol. The molecule has 2 aromatic carbocycles. The normalized spacial score (nSPS) is 15.5. The van der Waals surface area contributed by atoms with E-state index < -0.39 is 6.04 Å². The molecule has 1 aliphatic rings. The van der Waals surface area contributed by atoms with Crippen molar-refractivity contribution in [1.29, 1.82) is 0 Å².